The summed E-state index contributed by atoms with van der Waals surface area (Å²) in [4.78, 5) is 13.9. The summed E-state index contributed by atoms with van der Waals surface area (Å²) < 4.78 is 12.0. The number of hydrogen-bond acceptors (Lipinski definition) is 2. The van der Waals surface area contributed by atoms with Gasteiger partial charge in [-0.3, -0.25) is 4.21 Å². The maximum absolute atomic E-state index is 12.2. The van der Waals surface area contributed by atoms with E-state index in [1.54, 1.807) is 11.9 Å². The zero-order chi connectivity index (χ0) is 16.9. The van der Waals surface area contributed by atoms with Gasteiger partial charge in [-0.25, -0.2) is 4.79 Å². The molecular weight excluding hydrogens is 296 g/mol. The Hall–Kier alpha value is -1.36. The van der Waals surface area contributed by atoms with Crippen LogP contribution in [0.15, 0.2) is 24.3 Å². The van der Waals surface area contributed by atoms with Gasteiger partial charge in [0.05, 0.1) is 0 Å². The third-order valence-electron chi connectivity index (χ3n) is 3.73. The van der Waals surface area contributed by atoms with Crippen molar-refractivity contribution in [3.05, 3.63) is 29.8 Å². The van der Waals surface area contributed by atoms with Crippen molar-refractivity contribution >= 4 is 22.5 Å². The molecule has 0 aliphatic heterocycles. The van der Waals surface area contributed by atoms with Gasteiger partial charge >= 0.3 is 6.03 Å². The van der Waals surface area contributed by atoms with Crippen LogP contribution in [-0.2, 0) is 16.6 Å². The molecule has 2 atom stereocenters. The summed E-state index contributed by atoms with van der Waals surface area (Å²) in [5, 5.41) is 2.90. The standard InChI is InChI=1S/C17H28N2O2S/c1-7-13(2)19(6)16(20)18-15-10-8-9-14(11-15)12-22(21)17(3,4)5/h8-11,13H,7,12H2,1-6H3,(H,18,20)/t13-,22-/m1/s1. The van der Waals surface area contributed by atoms with E-state index >= 15 is 0 Å². The molecule has 0 aromatic heterocycles. The fourth-order valence-corrected chi connectivity index (χ4v) is 2.71. The van der Waals surface area contributed by atoms with Crippen molar-refractivity contribution < 1.29 is 9.00 Å². The van der Waals surface area contributed by atoms with Gasteiger partial charge in [-0.2, -0.15) is 0 Å². The Morgan fingerprint density at radius 1 is 1.36 bits per heavy atom. The highest BCUT2D eigenvalue weighted by Crippen LogP contribution is 2.19. The van der Waals surface area contributed by atoms with Crippen molar-refractivity contribution in [1.82, 2.24) is 4.90 Å². The van der Waals surface area contributed by atoms with E-state index in [0.29, 0.717) is 5.75 Å². The molecule has 0 radical (unpaired) electrons. The number of rotatable bonds is 5. The SMILES string of the molecule is CC[C@@H](C)N(C)C(=O)Nc1cccc(C[S@@](=O)C(C)(C)C)c1. The first-order valence-electron chi connectivity index (χ1n) is 7.66. The van der Waals surface area contributed by atoms with Crippen molar-refractivity contribution in [1.29, 1.82) is 0 Å². The third kappa shape index (κ3) is 5.44. The molecule has 0 saturated carbocycles. The van der Waals surface area contributed by atoms with Crippen LogP contribution in [0.4, 0.5) is 10.5 Å². The Balaban J connectivity index is 2.76. The van der Waals surface area contributed by atoms with E-state index in [1.165, 1.54) is 0 Å². The lowest BCUT2D eigenvalue weighted by molar-refractivity contribution is 0.206. The van der Waals surface area contributed by atoms with Crippen LogP contribution in [0.5, 0.6) is 0 Å². The van der Waals surface area contributed by atoms with Gasteiger partial charge < -0.3 is 10.2 Å². The molecule has 2 amide bonds. The highest BCUT2D eigenvalue weighted by atomic mass is 32.2. The second-order valence-corrected chi connectivity index (χ2v) is 8.81. The summed E-state index contributed by atoms with van der Waals surface area (Å²) in [6.07, 6.45) is 0.911. The molecule has 0 saturated heterocycles. The van der Waals surface area contributed by atoms with Crippen LogP contribution in [0.2, 0.25) is 0 Å². The predicted octanol–water partition coefficient (Wildman–Crippen LogP) is 4.00. The van der Waals surface area contributed by atoms with Gasteiger partial charge in [-0.15, -0.1) is 0 Å². The number of hydrogen-bond donors (Lipinski definition) is 1. The highest BCUT2D eigenvalue weighted by Gasteiger charge is 2.20. The molecular formula is C17H28N2O2S. The molecule has 0 spiro atoms. The predicted molar refractivity (Wildman–Crippen MR) is 94.6 cm³/mol. The molecule has 1 rings (SSSR count). The second-order valence-electron chi connectivity index (χ2n) is 6.60. The van der Waals surface area contributed by atoms with Crippen molar-refractivity contribution in [2.45, 2.75) is 57.6 Å². The summed E-state index contributed by atoms with van der Waals surface area (Å²) in [5.41, 5.74) is 1.71. The van der Waals surface area contributed by atoms with Crippen LogP contribution >= 0.6 is 0 Å². The number of nitrogens with one attached hydrogen (secondary N) is 1. The molecule has 124 valence electrons. The first-order valence-corrected chi connectivity index (χ1v) is 8.98. The first kappa shape index (κ1) is 18.7. The number of carbonyl (C=O) groups excluding carboxylic acids is 1. The number of nitrogens with zero attached hydrogens (tertiary/aromatic N) is 1. The molecule has 5 heteroatoms. The highest BCUT2D eigenvalue weighted by molar-refractivity contribution is 7.85. The van der Waals surface area contributed by atoms with Crippen LogP contribution in [0.1, 0.15) is 46.6 Å². The van der Waals surface area contributed by atoms with Crippen molar-refractivity contribution in [3.8, 4) is 0 Å². The van der Waals surface area contributed by atoms with Crippen molar-refractivity contribution in [2.75, 3.05) is 12.4 Å². The van der Waals surface area contributed by atoms with Crippen LogP contribution < -0.4 is 5.32 Å². The van der Waals surface area contributed by atoms with Gasteiger partial charge in [-0.05, 0) is 51.8 Å². The number of urea groups is 1. The lowest BCUT2D eigenvalue weighted by Crippen LogP contribution is -2.37. The molecule has 1 aromatic rings. The maximum atomic E-state index is 12.2. The quantitative estimate of drug-likeness (QED) is 0.890. The number of anilines is 1. The molecule has 1 aromatic carbocycles. The molecule has 0 aliphatic carbocycles. The Morgan fingerprint density at radius 3 is 2.55 bits per heavy atom. The lowest BCUT2D eigenvalue weighted by atomic mass is 10.2. The van der Waals surface area contributed by atoms with E-state index in [9.17, 15) is 9.00 Å². The summed E-state index contributed by atoms with van der Waals surface area (Å²) in [6.45, 7) is 9.97. The van der Waals surface area contributed by atoms with Crippen LogP contribution in [0, 0.1) is 0 Å². The largest absolute Gasteiger partial charge is 0.325 e. The van der Waals surface area contributed by atoms with E-state index < -0.39 is 10.8 Å². The average molecular weight is 324 g/mol. The number of amides is 2. The van der Waals surface area contributed by atoms with Gasteiger partial charge in [0.15, 0.2) is 0 Å². The number of carbonyl (C=O) groups is 1. The molecule has 4 nitrogen and oxygen atoms in total. The van der Waals surface area contributed by atoms with Gasteiger partial charge in [0.2, 0.25) is 0 Å². The summed E-state index contributed by atoms with van der Waals surface area (Å²) in [7, 11) is 0.844. The van der Waals surface area contributed by atoms with E-state index in [0.717, 1.165) is 17.7 Å². The van der Waals surface area contributed by atoms with Gasteiger partial charge in [0.25, 0.3) is 0 Å². The van der Waals surface area contributed by atoms with Crippen LogP contribution in [0.3, 0.4) is 0 Å². The summed E-state index contributed by atoms with van der Waals surface area (Å²) in [5.74, 6) is 0.494. The zero-order valence-corrected chi connectivity index (χ0v) is 15.3. The molecule has 1 N–H and O–H groups in total. The Morgan fingerprint density at radius 2 is 2.00 bits per heavy atom. The minimum Gasteiger partial charge on any atom is -0.325 e. The maximum Gasteiger partial charge on any atom is 0.321 e. The Labute approximate surface area is 136 Å². The summed E-state index contributed by atoms with van der Waals surface area (Å²) >= 11 is 0. The molecule has 22 heavy (non-hydrogen) atoms. The summed E-state index contributed by atoms with van der Waals surface area (Å²) in [6, 6.07) is 7.64. The van der Waals surface area contributed by atoms with Crippen LogP contribution in [-0.4, -0.2) is 33.0 Å². The monoisotopic (exact) mass is 324 g/mol. The van der Waals surface area contributed by atoms with Crippen molar-refractivity contribution in [2.24, 2.45) is 0 Å². The fourth-order valence-electron chi connectivity index (χ4n) is 1.79. The fraction of sp³-hybridized carbons (Fsp3) is 0.588. The topological polar surface area (TPSA) is 49.4 Å². The van der Waals surface area contributed by atoms with E-state index in [4.69, 9.17) is 0 Å². The minimum absolute atomic E-state index is 0.122. The van der Waals surface area contributed by atoms with Gasteiger partial charge in [-0.1, -0.05) is 19.1 Å². The Kier molecular flexibility index (Phi) is 6.60. The Bertz CT molecular complexity index is 538. The van der Waals surface area contributed by atoms with Gasteiger partial charge in [0.1, 0.15) is 0 Å². The second kappa shape index (κ2) is 7.77. The minimum atomic E-state index is -0.950. The van der Waals surface area contributed by atoms with E-state index in [1.807, 2.05) is 52.0 Å². The normalized spacial score (nSPS) is 14.3. The zero-order valence-electron chi connectivity index (χ0n) is 14.5. The van der Waals surface area contributed by atoms with Crippen molar-refractivity contribution in [3.63, 3.8) is 0 Å². The van der Waals surface area contributed by atoms with E-state index in [-0.39, 0.29) is 16.8 Å². The van der Waals surface area contributed by atoms with E-state index in [2.05, 4.69) is 12.2 Å². The smallest absolute Gasteiger partial charge is 0.321 e. The lowest BCUT2D eigenvalue weighted by Gasteiger charge is -2.24. The average Bonchev–Trinajstić information content (AvgIpc) is 2.44. The number of benzene rings is 1. The third-order valence-corrected chi connectivity index (χ3v) is 5.69. The van der Waals surface area contributed by atoms with Crippen LogP contribution in [0.25, 0.3) is 0 Å². The molecule has 0 aliphatic rings. The van der Waals surface area contributed by atoms with Gasteiger partial charge in [0, 0.05) is 40.1 Å². The molecule has 0 bridgehead atoms. The molecule has 0 heterocycles. The molecule has 0 unspecified atom stereocenters. The molecule has 0 fully saturated rings. The first-order chi connectivity index (χ1) is 10.1.